The molecule has 1 amide bonds. The predicted molar refractivity (Wildman–Crippen MR) is 79.9 cm³/mol. The predicted octanol–water partition coefficient (Wildman–Crippen LogP) is 1.97. The number of rotatable bonds is 5. The maximum Gasteiger partial charge on any atom is 0.251 e. The summed E-state index contributed by atoms with van der Waals surface area (Å²) in [5.41, 5.74) is 3.02. The molecule has 4 nitrogen and oxygen atoms in total. The second-order valence-electron chi connectivity index (χ2n) is 5.29. The first kappa shape index (κ1) is 15.0. The van der Waals surface area contributed by atoms with Crippen LogP contribution in [0.25, 0.3) is 0 Å². The summed E-state index contributed by atoms with van der Waals surface area (Å²) in [7, 11) is 0. The fraction of sp³-hybridized carbons (Fsp3) is 0.562. The van der Waals surface area contributed by atoms with Gasteiger partial charge in [0.15, 0.2) is 0 Å². The lowest BCUT2D eigenvalue weighted by Gasteiger charge is -2.26. The van der Waals surface area contributed by atoms with E-state index in [1.165, 1.54) is 5.56 Å². The van der Waals surface area contributed by atoms with Crippen molar-refractivity contribution < 1.29 is 9.53 Å². The molecule has 0 aromatic heterocycles. The summed E-state index contributed by atoms with van der Waals surface area (Å²) in [5.74, 6) is 0.0353. The molecule has 0 saturated carbocycles. The van der Waals surface area contributed by atoms with Crippen molar-refractivity contribution >= 4 is 5.91 Å². The highest BCUT2D eigenvalue weighted by atomic mass is 16.5. The highest BCUT2D eigenvalue weighted by Crippen LogP contribution is 2.14. The highest BCUT2D eigenvalue weighted by Gasteiger charge is 2.13. The minimum atomic E-state index is 0.0353. The van der Waals surface area contributed by atoms with Gasteiger partial charge >= 0.3 is 0 Å². The Balaban J connectivity index is 2.05. The van der Waals surface area contributed by atoms with Crippen molar-refractivity contribution in [1.82, 2.24) is 10.2 Å². The third-order valence-electron chi connectivity index (χ3n) is 3.59. The van der Waals surface area contributed by atoms with Crippen LogP contribution in [0.2, 0.25) is 0 Å². The number of nitrogens with one attached hydrogen (secondary N) is 1. The number of benzene rings is 1. The quantitative estimate of drug-likeness (QED) is 0.894. The Morgan fingerprint density at radius 2 is 2.10 bits per heavy atom. The molecule has 1 aromatic rings. The standard InChI is InChI=1S/C16H24N2O2/c1-3-6-17-16(19)15-11-14(5-4-13(15)2)12-18-7-9-20-10-8-18/h4-5,11H,3,6-10,12H2,1-2H3,(H,17,19). The van der Waals surface area contributed by atoms with Crippen molar-refractivity contribution in [3.63, 3.8) is 0 Å². The van der Waals surface area contributed by atoms with Crippen molar-refractivity contribution in [1.29, 1.82) is 0 Å². The average molecular weight is 276 g/mol. The number of aryl methyl sites for hydroxylation is 1. The molecule has 1 N–H and O–H groups in total. The second kappa shape index (κ2) is 7.41. The van der Waals surface area contributed by atoms with Gasteiger partial charge in [-0.1, -0.05) is 19.1 Å². The zero-order valence-corrected chi connectivity index (χ0v) is 12.4. The molecule has 0 atom stereocenters. The van der Waals surface area contributed by atoms with Crippen LogP contribution in [-0.2, 0) is 11.3 Å². The van der Waals surface area contributed by atoms with Crippen LogP contribution >= 0.6 is 0 Å². The molecule has 1 saturated heterocycles. The number of ether oxygens (including phenoxy) is 1. The van der Waals surface area contributed by atoms with Crippen LogP contribution < -0.4 is 5.32 Å². The Hall–Kier alpha value is -1.39. The van der Waals surface area contributed by atoms with Gasteiger partial charge in [-0.05, 0) is 30.5 Å². The number of nitrogens with zero attached hydrogens (tertiary/aromatic N) is 1. The van der Waals surface area contributed by atoms with E-state index in [0.29, 0.717) is 0 Å². The maximum atomic E-state index is 12.1. The van der Waals surface area contributed by atoms with Gasteiger partial charge in [-0.15, -0.1) is 0 Å². The fourth-order valence-corrected chi connectivity index (χ4v) is 2.36. The maximum absolute atomic E-state index is 12.1. The molecule has 0 aliphatic carbocycles. The molecular weight excluding hydrogens is 252 g/mol. The lowest BCUT2D eigenvalue weighted by Crippen LogP contribution is -2.35. The summed E-state index contributed by atoms with van der Waals surface area (Å²) >= 11 is 0. The molecule has 0 spiro atoms. The molecule has 4 heteroatoms. The minimum absolute atomic E-state index is 0.0353. The van der Waals surface area contributed by atoms with Crippen LogP contribution in [-0.4, -0.2) is 43.7 Å². The third-order valence-corrected chi connectivity index (χ3v) is 3.59. The third kappa shape index (κ3) is 4.05. The summed E-state index contributed by atoms with van der Waals surface area (Å²) in [6, 6.07) is 6.17. The largest absolute Gasteiger partial charge is 0.379 e. The molecule has 20 heavy (non-hydrogen) atoms. The number of morpholine rings is 1. The second-order valence-corrected chi connectivity index (χ2v) is 5.29. The number of hydrogen-bond acceptors (Lipinski definition) is 3. The summed E-state index contributed by atoms with van der Waals surface area (Å²) in [6.07, 6.45) is 0.957. The SMILES string of the molecule is CCCNC(=O)c1cc(CN2CCOCC2)ccc1C. The number of carbonyl (C=O) groups is 1. The smallest absolute Gasteiger partial charge is 0.251 e. The van der Waals surface area contributed by atoms with Crippen molar-refractivity contribution in [2.75, 3.05) is 32.8 Å². The van der Waals surface area contributed by atoms with Crippen molar-refractivity contribution in [3.8, 4) is 0 Å². The summed E-state index contributed by atoms with van der Waals surface area (Å²) in [5, 5.41) is 2.95. The lowest BCUT2D eigenvalue weighted by atomic mass is 10.0. The molecular formula is C16H24N2O2. The van der Waals surface area contributed by atoms with E-state index in [-0.39, 0.29) is 5.91 Å². The molecule has 1 aliphatic heterocycles. The summed E-state index contributed by atoms with van der Waals surface area (Å²) < 4.78 is 5.36. The van der Waals surface area contributed by atoms with Crippen LogP contribution in [0.3, 0.4) is 0 Å². The highest BCUT2D eigenvalue weighted by molar-refractivity contribution is 5.95. The first-order valence-corrected chi connectivity index (χ1v) is 7.38. The number of amides is 1. The first-order valence-electron chi connectivity index (χ1n) is 7.38. The van der Waals surface area contributed by atoms with E-state index < -0.39 is 0 Å². The summed E-state index contributed by atoms with van der Waals surface area (Å²) in [4.78, 5) is 14.5. The van der Waals surface area contributed by atoms with Gasteiger partial charge in [0.1, 0.15) is 0 Å². The zero-order chi connectivity index (χ0) is 14.4. The number of carbonyl (C=O) groups excluding carboxylic acids is 1. The van der Waals surface area contributed by atoms with Gasteiger partial charge in [-0.25, -0.2) is 0 Å². The minimum Gasteiger partial charge on any atom is -0.379 e. The van der Waals surface area contributed by atoms with E-state index in [1.54, 1.807) is 0 Å². The van der Waals surface area contributed by atoms with Crippen LogP contribution in [0.15, 0.2) is 18.2 Å². The fourth-order valence-electron chi connectivity index (χ4n) is 2.36. The zero-order valence-electron chi connectivity index (χ0n) is 12.4. The Morgan fingerprint density at radius 1 is 1.35 bits per heavy atom. The normalized spacial score (nSPS) is 16.1. The van der Waals surface area contributed by atoms with E-state index >= 15 is 0 Å². The van der Waals surface area contributed by atoms with Crippen molar-refractivity contribution in [2.45, 2.75) is 26.8 Å². The Bertz CT molecular complexity index is 454. The molecule has 1 heterocycles. The first-order chi connectivity index (χ1) is 9.70. The topological polar surface area (TPSA) is 41.6 Å². The molecule has 2 rings (SSSR count). The van der Waals surface area contributed by atoms with Crippen LogP contribution in [0.1, 0.15) is 34.8 Å². The molecule has 1 fully saturated rings. The van der Waals surface area contributed by atoms with Crippen molar-refractivity contribution in [3.05, 3.63) is 34.9 Å². The molecule has 0 unspecified atom stereocenters. The van der Waals surface area contributed by atoms with Gasteiger partial charge in [-0.2, -0.15) is 0 Å². The van der Waals surface area contributed by atoms with Gasteiger partial charge in [0.2, 0.25) is 0 Å². The Kier molecular flexibility index (Phi) is 5.56. The molecule has 1 aliphatic rings. The monoisotopic (exact) mass is 276 g/mol. The summed E-state index contributed by atoms with van der Waals surface area (Å²) in [6.45, 7) is 9.19. The molecule has 0 radical (unpaired) electrons. The number of hydrogen-bond donors (Lipinski definition) is 1. The van der Waals surface area contributed by atoms with E-state index in [1.807, 2.05) is 19.1 Å². The van der Waals surface area contributed by atoms with Crippen LogP contribution in [0.5, 0.6) is 0 Å². The van der Waals surface area contributed by atoms with E-state index in [2.05, 4.69) is 23.2 Å². The van der Waals surface area contributed by atoms with E-state index in [9.17, 15) is 4.79 Å². The van der Waals surface area contributed by atoms with Crippen LogP contribution in [0, 0.1) is 6.92 Å². The van der Waals surface area contributed by atoms with Gasteiger partial charge in [-0.3, -0.25) is 9.69 Å². The van der Waals surface area contributed by atoms with Gasteiger partial charge in [0, 0.05) is 31.7 Å². The lowest BCUT2D eigenvalue weighted by molar-refractivity contribution is 0.0342. The van der Waals surface area contributed by atoms with Gasteiger partial charge < -0.3 is 10.1 Å². The van der Waals surface area contributed by atoms with E-state index in [4.69, 9.17) is 4.74 Å². The molecule has 110 valence electrons. The molecule has 1 aromatic carbocycles. The van der Waals surface area contributed by atoms with Crippen LogP contribution in [0.4, 0.5) is 0 Å². The molecule has 0 bridgehead atoms. The van der Waals surface area contributed by atoms with Gasteiger partial charge in [0.25, 0.3) is 5.91 Å². The average Bonchev–Trinajstić information content (AvgIpc) is 2.48. The Labute approximate surface area is 121 Å². The van der Waals surface area contributed by atoms with Gasteiger partial charge in [0.05, 0.1) is 13.2 Å². The van der Waals surface area contributed by atoms with E-state index in [0.717, 1.165) is 56.9 Å². The Morgan fingerprint density at radius 3 is 2.80 bits per heavy atom. The van der Waals surface area contributed by atoms with Crippen molar-refractivity contribution in [2.24, 2.45) is 0 Å².